The minimum atomic E-state index is -0.907. The number of benzene rings is 2. The Morgan fingerprint density at radius 1 is 1.06 bits per heavy atom. The molecule has 9 heteroatoms. The molecule has 0 atom stereocenters. The van der Waals surface area contributed by atoms with Gasteiger partial charge in [-0.3, -0.25) is 14.9 Å². The first-order chi connectivity index (χ1) is 15.5. The molecule has 2 aromatic carbocycles. The molecular formula is C23H19N3O5S. The number of hydrogen-bond acceptors (Lipinski definition) is 6. The first-order valence-corrected chi connectivity index (χ1v) is 10.9. The number of carbonyl (C=O) groups excluding carboxylic acids is 2. The molecule has 0 spiro atoms. The summed E-state index contributed by atoms with van der Waals surface area (Å²) in [5, 5.41) is 11.8. The molecule has 162 valence electrons. The van der Waals surface area contributed by atoms with Gasteiger partial charge in [-0.25, -0.2) is 9.78 Å². The van der Waals surface area contributed by atoms with E-state index >= 15 is 0 Å². The number of carboxylic acid groups (broad SMARTS) is 1. The van der Waals surface area contributed by atoms with Crippen LogP contribution in [0, 0.1) is 5.92 Å². The Bertz CT molecular complexity index is 1170. The number of likely N-dealkylation sites (tertiary alicyclic amines) is 1. The Morgan fingerprint density at radius 3 is 2.31 bits per heavy atom. The zero-order valence-corrected chi connectivity index (χ0v) is 17.7. The van der Waals surface area contributed by atoms with Crippen LogP contribution in [0.5, 0.6) is 0 Å². The standard InChI is InChI=1S/C23H19N3O5S/c27-20(26-10-13(11-26)21(28)29)19-9-24-22(32-19)25-23(30)31-12-18-16-7-3-1-5-14(16)15-6-2-4-8-17(15)18/h1-9,13,18H,10-12H2,(H,28,29)(H,24,25,30). The van der Waals surface area contributed by atoms with Crippen molar-refractivity contribution in [1.82, 2.24) is 9.88 Å². The number of nitrogens with zero attached hydrogens (tertiary/aromatic N) is 2. The molecule has 0 unspecified atom stereocenters. The second kappa shape index (κ2) is 8.08. The van der Waals surface area contributed by atoms with Gasteiger partial charge in [-0.05, 0) is 22.3 Å². The van der Waals surface area contributed by atoms with Crippen molar-refractivity contribution in [1.29, 1.82) is 0 Å². The molecule has 0 saturated carbocycles. The van der Waals surface area contributed by atoms with Crippen LogP contribution in [-0.4, -0.2) is 52.7 Å². The number of nitrogens with one attached hydrogen (secondary N) is 1. The van der Waals surface area contributed by atoms with Crippen LogP contribution in [0.3, 0.4) is 0 Å². The molecule has 0 radical (unpaired) electrons. The van der Waals surface area contributed by atoms with Crippen LogP contribution in [0.2, 0.25) is 0 Å². The molecule has 1 aliphatic heterocycles. The van der Waals surface area contributed by atoms with Crippen molar-refractivity contribution < 1.29 is 24.2 Å². The minimum Gasteiger partial charge on any atom is -0.481 e. The van der Waals surface area contributed by atoms with Crippen molar-refractivity contribution >= 4 is 34.4 Å². The number of carboxylic acids is 1. The quantitative estimate of drug-likeness (QED) is 0.615. The maximum absolute atomic E-state index is 12.4. The van der Waals surface area contributed by atoms with Gasteiger partial charge in [0.2, 0.25) is 0 Å². The van der Waals surface area contributed by atoms with Crippen molar-refractivity contribution in [3.8, 4) is 11.1 Å². The Hall–Kier alpha value is -3.72. The maximum Gasteiger partial charge on any atom is 0.413 e. The number of aliphatic carboxylic acids is 1. The lowest BCUT2D eigenvalue weighted by atomic mass is 9.98. The third-order valence-electron chi connectivity index (χ3n) is 5.79. The minimum absolute atomic E-state index is 0.0461. The number of hydrogen-bond donors (Lipinski definition) is 2. The fourth-order valence-electron chi connectivity index (χ4n) is 4.11. The monoisotopic (exact) mass is 449 g/mol. The lowest BCUT2D eigenvalue weighted by Crippen LogP contribution is -2.52. The summed E-state index contributed by atoms with van der Waals surface area (Å²) in [6.45, 7) is 0.545. The maximum atomic E-state index is 12.4. The molecule has 2 amide bonds. The van der Waals surface area contributed by atoms with Crippen LogP contribution in [-0.2, 0) is 9.53 Å². The van der Waals surface area contributed by atoms with Gasteiger partial charge < -0.3 is 14.7 Å². The Balaban J connectivity index is 1.20. The highest BCUT2D eigenvalue weighted by atomic mass is 32.1. The predicted molar refractivity (Wildman–Crippen MR) is 118 cm³/mol. The Kier molecular flexibility index (Phi) is 5.10. The number of anilines is 1. The van der Waals surface area contributed by atoms with E-state index in [0.29, 0.717) is 4.88 Å². The molecule has 2 heterocycles. The second-order valence-electron chi connectivity index (χ2n) is 7.73. The van der Waals surface area contributed by atoms with Gasteiger partial charge in [-0.1, -0.05) is 59.9 Å². The van der Waals surface area contributed by atoms with Gasteiger partial charge in [0.25, 0.3) is 5.91 Å². The van der Waals surface area contributed by atoms with Crippen LogP contribution in [0.4, 0.5) is 9.93 Å². The lowest BCUT2D eigenvalue weighted by molar-refractivity contribution is -0.146. The molecule has 1 fully saturated rings. The predicted octanol–water partition coefficient (Wildman–Crippen LogP) is 3.66. The average molecular weight is 449 g/mol. The number of ether oxygens (including phenoxy) is 1. The van der Waals surface area contributed by atoms with Crippen LogP contribution >= 0.6 is 11.3 Å². The van der Waals surface area contributed by atoms with E-state index in [1.54, 1.807) is 0 Å². The zero-order chi connectivity index (χ0) is 22.2. The van der Waals surface area contributed by atoms with Gasteiger partial charge in [0.15, 0.2) is 5.13 Å². The van der Waals surface area contributed by atoms with E-state index in [2.05, 4.69) is 22.4 Å². The van der Waals surface area contributed by atoms with Crippen LogP contribution in [0.15, 0.2) is 54.7 Å². The van der Waals surface area contributed by atoms with E-state index in [1.807, 2.05) is 36.4 Å². The van der Waals surface area contributed by atoms with E-state index in [9.17, 15) is 14.4 Å². The third-order valence-corrected chi connectivity index (χ3v) is 6.69. The molecule has 1 aromatic heterocycles. The van der Waals surface area contributed by atoms with E-state index in [0.717, 1.165) is 33.6 Å². The number of thiazole rings is 1. The summed E-state index contributed by atoms with van der Waals surface area (Å²) in [4.78, 5) is 41.5. The summed E-state index contributed by atoms with van der Waals surface area (Å²) < 4.78 is 5.49. The third kappa shape index (κ3) is 3.60. The summed E-state index contributed by atoms with van der Waals surface area (Å²) in [7, 11) is 0. The molecule has 0 bridgehead atoms. The summed E-state index contributed by atoms with van der Waals surface area (Å²) >= 11 is 1.03. The number of rotatable bonds is 5. The van der Waals surface area contributed by atoms with Gasteiger partial charge in [0.1, 0.15) is 11.5 Å². The number of fused-ring (bicyclic) bond motifs is 3. The Labute approximate surface area is 187 Å². The first kappa shape index (κ1) is 20.2. The van der Waals surface area contributed by atoms with Gasteiger partial charge in [0.05, 0.1) is 12.1 Å². The molecule has 32 heavy (non-hydrogen) atoms. The lowest BCUT2D eigenvalue weighted by Gasteiger charge is -2.36. The van der Waals surface area contributed by atoms with Crippen LogP contribution in [0.1, 0.15) is 26.7 Å². The summed E-state index contributed by atoms with van der Waals surface area (Å²) in [6.07, 6.45) is 0.732. The average Bonchev–Trinajstić information content (AvgIpc) is 3.33. The first-order valence-electron chi connectivity index (χ1n) is 10.1. The topological polar surface area (TPSA) is 109 Å². The van der Waals surface area contributed by atoms with E-state index in [-0.39, 0.29) is 36.7 Å². The van der Waals surface area contributed by atoms with E-state index < -0.39 is 18.0 Å². The smallest absolute Gasteiger partial charge is 0.413 e. The fraction of sp³-hybridized carbons (Fsp3) is 0.217. The molecule has 5 rings (SSSR count). The highest BCUT2D eigenvalue weighted by Gasteiger charge is 2.36. The molecule has 2 N–H and O–H groups in total. The highest BCUT2D eigenvalue weighted by molar-refractivity contribution is 7.17. The summed E-state index contributed by atoms with van der Waals surface area (Å²) in [5.41, 5.74) is 4.54. The van der Waals surface area contributed by atoms with Gasteiger partial charge in [-0.2, -0.15) is 0 Å². The zero-order valence-electron chi connectivity index (χ0n) is 16.9. The van der Waals surface area contributed by atoms with E-state index in [4.69, 9.17) is 9.84 Å². The van der Waals surface area contributed by atoms with E-state index in [1.165, 1.54) is 11.1 Å². The number of carbonyl (C=O) groups is 3. The number of amides is 2. The molecule has 1 saturated heterocycles. The molecular weight excluding hydrogens is 430 g/mol. The van der Waals surface area contributed by atoms with Gasteiger partial charge in [-0.15, -0.1) is 0 Å². The van der Waals surface area contributed by atoms with Crippen molar-refractivity contribution in [2.75, 3.05) is 25.0 Å². The molecule has 3 aromatic rings. The molecule has 1 aliphatic carbocycles. The number of aromatic nitrogens is 1. The second-order valence-corrected chi connectivity index (χ2v) is 8.76. The molecule has 8 nitrogen and oxygen atoms in total. The van der Waals surface area contributed by atoms with Gasteiger partial charge >= 0.3 is 12.1 Å². The van der Waals surface area contributed by atoms with Crippen LogP contribution < -0.4 is 5.32 Å². The summed E-state index contributed by atoms with van der Waals surface area (Å²) in [5.74, 6) is -1.77. The fourth-order valence-corrected chi connectivity index (χ4v) is 4.88. The summed E-state index contributed by atoms with van der Waals surface area (Å²) in [6, 6.07) is 16.2. The van der Waals surface area contributed by atoms with Crippen molar-refractivity contribution in [3.05, 3.63) is 70.7 Å². The Morgan fingerprint density at radius 2 is 1.69 bits per heavy atom. The molecule has 2 aliphatic rings. The SMILES string of the molecule is O=C(Nc1ncc(C(=O)N2CC(C(=O)O)C2)s1)OCC1c2ccccc2-c2ccccc21. The van der Waals surface area contributed by atoms with Crippen LogP contribution in [0.25, 0.3) is 11.1 Å². The van der Waals surface area contributed by atoms with Crippen molar-refractivity contribution in [3.63, 3.8) is 0 Å². The largest absolute Gasteiger partial charge is 0.481 e. The normalized spacial score (nSPS) is 14.9. The van der Waals surface area contributed by atoms with Crippen molar-refractivity contribution in [2.45, 2.75) is 5.92 Å². The van der Waals surface area contributed by atoms with Gasteiger partial charge in [0, 0.05) is 19.0 Å². The van der Waals surface area contributed by atoms with Crippen molar-refractivity contribution in [2.24, 2.45) is 5.92 Å². The highest BCUT2D eigenvalue weighted by Crippen LogP contribution is 2.44.